The Morgan fingerprint density at radius 1 is 0.820 bits per heavy atom. The van der Waals surface area contributed by atoms with Gasteiger partial charge in [0.05, 0.1) is 30.6 Å². The van der Waals surface area contributed by atoms with E-state index in [0.717, 1.165) is 41.0 Å². The van der Waals surface area contributed by atoms with Crippen LogP contribution in [0.25, 0.3) is 0 Å². The number of hydrogen-bond donors (Lipinski definition) is 6. The molecule has 1 fully saturated rings. The molecule has 0 unspecified atom stereocenters. The number of benzene rings is 1. The Morgan fingerprint density at radius 2 is 1.43 bits per heavy atom. The number of imidazole rings is 1. The SMILES string of the molecule is Cn1cncc1C(=O)N1CC[C@H](CC(=O)Nc2ccc3cc2CCc2cncc(c2)Nc2ncc(Cl)c(n2)N3)C1.O=C(O)C(F)(F)F.O=C(O)C(F)(F)F.O=C(O)C(F)(F)F. The summed E-state index contributed by atoms with van der Waals surface area (Å²) in [5.74, 6) is -7.43. The molecule has 330 valence electrons. The highest BCUT2D eigenvalue weighted by atomic mass is 35.5. The second kappa shape index (κ2) is 20.5. The summed E-state index contributed by atoms with van der Waals surface area (Å²) in [7, 11) is 1.80. The smallest absolute Gasteiger partial charge is 0.475 e. The Hall–Kier alpha value is -6.73. The van der Waals surface area contributed by atoms with E-state index >= 15 is 0 Å². The van der Waals surface area contributed by atoms with E-state index in [0.29, 0.717) is 48.4 Å². The molecular formula is C34H31ClF9N9O8. The summed E-state index contributed by atoms with van der Waals surface area (Å²) >= 11 is 6.37. The lowest BCUT2D eigenvalue weighted by Crippen LogP contribution is -2.30. The van der Waals surface area contributed by atoms with Gasteiger partial charge in [0, 0.05) is 44.1 Å². The number of aliphatic carboxylic acids is 3. The lowest BCUT2D eigenvalue weighted by atomic mass is 10.0. The van der Waals surface area contributed by atoms with Crippen molar-refractivity contribution in [2.75, 3.05) is 29.0 Å². The minimum absolute atomic E-state index is 0.0538. The monoisotopic (exact) mass is 899 g/mol. The second-order valence-electron chi connectivity index (χ2n) is 12.6. The van der Waals surface area contributed by atoms with Gasteiger partial charge in [0.1, 0.15) is 10.7 Å². The van der Waals surface area contributed by atoms with E-state index in [1.54, 1.807) is 41.4 Å². The standard InChI is InChI=1S/C28H28ClN9O2.3C2HF3O2/c1-37-16-31-14-24(37)27(40)38-7-6-18(15-38)9-25(39)35-23-5-4-20-10-19(23)3-2-17-8-21(12-30-11-17)34-28-32-13-22(29)26(33-20)36-28;3*3-2(4,5)1(6)7/h4-5,8,10-14,16,18H,2-3,6-7,9,15H2,1H3,(H,35,39)(H2,32,33,34,36);3*(H,6,7)/t18-;;;/m1.../s1. The van der Waals surface area contributed by atoms with Gasteiger partial charge in [-0.1, -0.05) is 11.6 Å². The third-order valence-corrected chi connectivity index (χ3v) is 8.21. The first-order valence-corrected chi connectivity index (χ1v) is 17.2. The highest BCUT2D eigenvalue weighted by Gasteiger charge is 2.39. The van der Waals surface area contributed by atoms with E-state index in [2.05, 4.69) is 35.9 Å². The number of nitrogens with zero attached hydrogens (tertiary/aromatic N) is 6. The lowest BCUT2D eigenvalue weighted by Gasteiger charge is -2.17. The molecule has 2 amide bonds. The van der Waals surface area contributed by atoms with Crippen LogP contribution in [0, 0.1) is 5.92 Å². The molecule has 2 aliphatic heterocycles. The van der Waals surface area contributed by atoms with Gasteiger partial charge in [-0.05, 0) is 60.6 Å². The van der Waals surface area contributed by atoms with Crippen molar-refractivity contribution in [2.24, 2.45) is 13.0 Å². The molecule has 0 saturated carbocycles. The number of rotatable bonds is 4. The summed E-state index contributed by atoms with van der Waals surface area (Å²) in [5, 5.41) is 31.3. The second-order valence-corrected chi connectivity index (χ2v) is 13.0. The van der Waals surface area contributed by atoms with Crippen LogP contribution in [0.4, 0.5) is 68.3 Å². The van der Waals surface area contributed by atoms with Crippen LogP contribution in [0.1, 0.15) is 34.5 Å². The molecule has 6 N–H and O–H groups in total. The fraction of sp³-hybridized carbons (Fsp3) is 0.324. The zero-order valence-corrected chi connectivity index (χ0v) is 31.6. The van der Waals surface area contributed by atoms with E-state index < -0.39 is 36.4 Å². The van der Waals surface area contributed by atoms with Crippen molar-refractivity contribution in [3.63, 3.8) is 0 Å². The number of alkyl halides is 9. The first kappa shape index (κ1) is 48.6. The Labute approximate surface area is 341 Å². The van der Waals surface area contributed by atoms with Crippen molar-refractivity contribution in [1.29, 1.82) is 0 Å². The van der Waals surface area contributed by atoms with Gasteiger partial charge in [0.2, 0.25) is 11.9 Å². The van der Waals surface area contributed by atoms with Gasteiger partial charge in [0.15, 0.2) is 5.82 Å². The van der Waals surface area contributed by atoms with Gasteiger partial charge in [-0.3, -0.25) is 14.6 Å². The van der Waals surface area contributed by atoms with E-state index in [-0.39, 0.29) is 17.7 Å². The molecule has 1 saturated heterocycles. The van der Waals surface area contributed by atoms with Gasteiger partial charge < -0.3 is 40.7 Å². The topological polar surface area (TPSA) is 242 Å². The largest absolute Gasteiger partial charge is 0.490 e. The minimum atomic E-state index is -5.08. The summed E-state index contributed by atoms with van der Waals surface area (Å²) in [6.45, 7) is 1.18. The van der Waals surface area contributed by atoms with Crippen LogP contribution in [0.3, 0.4) is 0 Å². The molecule has 0 radical (unpaired) electrons. The third kappa shape index (κ3) is 15.4. The fourth-order valence-corrected chi connectivity index (χ4v) is 5.26. The number of carboxylic acids is 3. The van der Waals surface area contributed by atoms with E-state index in [9.17, 15) is 49.1 Å². The van der Waals surface area contributed by atoms with E-state index in [4.69, 9.17) is 41.3 Å². The van der Waals surface area contributed by atoms with Crippen LogP contribution >= 0.6 is 11.6 Å². The summed E-state index contributed by atoms with van der Waals surface area (Å²) in [6, 6.07) is 7.79. The number of aryl methyl sites for hydroxylation is 3. The Morgan fingerprint density at radius 3 is 1.98 bits per heavy atom. The normalized spacial score (nSPS) is 14.5. The van der Waals surface area contributed by atoms with Crippen LogP contribution in [-0.4, -0.2) is 106 Å². The van der Waals surface area contributed by atoms with E-state index in [1.807, 2.05) is 30.5 Å². The van der Waals surface area contributed by atoms with Crippen LogP contribution in [0.2, 0.25) is 5.02 Å². The molecule has 3 aromatic heterocycles. The Bertz CT molecular complexity index is 2160. The van der Waals surface area contributed by atoms with Crippen molar-refractivity contribution >= 4 is 70.2 Å². The summed E-state index contributed by atoms with van der Waals surface area (Å²) in [5.41, 5.74) is 4.89. The molecule has 0 aliphatic carbocycles. The number of carbonyl (C=O) groups excluding carboxylic acids is 2. The number of nitrogens with one attached hydrogen (secondary N) is 3. The molecular weight excluding hydrogens is 869 g/mol. The number of aromatic nitrogens is 5. The highest BCUT2D eigenvalue weighted by molar-refractivity contribution is 6.32. The number of amides is 2. The van der Waals surface area contributed by atoms with Gasteiger partial charge in [-0.2, -0.15) is 44.5 Å². The maximum atomic E-state index is 13.1. The zero-order valence-electron chi connectivity index (χ0n) is 30.9. The number of carboxylic acid groups (broad SMARTS) is 3. The van der Waals surface area contributed by atoms with Crippen LogP contribution < -0.4 is 16.0 Å². The summed E-state index contributed by atoms with van der Waals surface area (Å²) < 4.78 is 96.9. The highest BCUT2D eigenvalue weighted by Crippen LogP contribution is 2.30. The maximum Gasteiger partial charge on any atom is 0.490 e. The fourth-order valence-electron chi connectivity index (χ4n) is 5.13. The zero-order chi connectivity index (χ0) is 45.9. The molecule has 0 spiro atoms. The Kier molecular flexibility index (Phi) is 16.3. The first-order valence-electron chi connectivity index (χ1n) is 16.8. The molecule has 6 rings (SSSR count). The molecule has 61 heavy (non-hydrogen) atoms. The lowest BCUT2D eigenvalue weighted by molar-refractivity contribution is -0.193. The van der Waals surface area contributed by atoms with Crippen LogP contribution in [0.5, 0.6) is 0 Å². The van der Waals surface area contributed by atoms with Crippen LogP contribution in [-0.2, 0) is 39.1 Å². The van der Waals surface area contributed by atoms with Gasteiger partial charge in [0.25, 0.3) is 5.91 Å². The molecule has 6 bridgehead atoms. The molecule has 4 aromatic rings. The predicted molar refractivity (Wildman–Crippen MR) is 193 cm³/mol. The molecule has 2 aliphatic rings. The average Bonchev–Trinajstić information content (AvgIpc) is 3.81. The molecule has 5 heterocycles. The molecule has 1 aromatic carbocycles. The average molecular weight is 900 g/mol. The minimum Gasteiger partial charge on any atom is -0.475 e. The van der Waals surface area contributed by atoms with Crippen molar-refractivity contribution < 1.29 is 78.8 Å². The number of anilines is 5. The summed E-state index contributed by atoms with van der Waals surface area (Å²) in [4.78, 5) is 71.6. The number of likely N-dealkylation sites (tertiary alicyclic amines) is 1. The van der Waals surface area contributed by atoms with Crippen LogP contribution in [0.15, 0.2) is 55.4 Å². The van der Waals surface area contributed by atoms with Crippen molar-refractivity contribution in [2.45, 2.75) is 44.2 Å². The Balaban J connectivity index is 0.000000390. The molecule has 27 heteroatoms. The third-order valence-electron chi connectivity index (χ3n) is 7.93. The van der Waals surface area contributed by atoms with Crippen molar-refractivity contribution in [3.05, 3.63) is 77.2 Å². The number of pyridine rings is 1. The number of halogens is 10. The number of fused-ring (bicyclic) bond motifs is 6. The number of carbonyl (C=O) groups is 5. The molecule has 1 atom stereocenters. The van der Waals surface area contributed by atoms with Gasteiger partial charge in [-0.25, -0.2) is 24.4 Å². The quantitative estimate of drug-likeness (QED) is 0.124. The summed E-state index contributed by atoms with van der Waals surface area (Å²) in [6.07, 6.45) is -4.44. The van der Waals surface area contributed by atoms with E-state index in [1.165, 1.54) is 0 Å². The first-order chi connectivity index (χ1) is 28.2. The molecule has 17 nitrogen and oxygen atoms in total. The van der Waals surface area contributed by atoms with Crippen molar-refractivity contribution in [1.82, 2.24) is 29.4 Å². The van der Waals surface area contributed by atoms with Gasteiger partial charge in [-0.15, -0.1) is 0 Å². The maximum absolute atomic E-state index is 13.1. The predicted octanol–water partition coefficient (Wildman–Crippen LogP) is 6.24. The van der Waals surface area contributed by atoms with Gasteiger partial charge >= 0.3 is 36.4 Å². The number of hydrogen-bond acceptors (Lipinski definition) is 11. The van der Waals surface area contributed by atoms with Crippen molar-refractivity contribution in [3.8, 4) is 0 Å².